The van der Waals surface area contributed by atoms with Crippen molar-refractivity contribution < 1.29 is 9.90 Å². The molecule has 0 aliphatic heterocycles. The van der Waals surface area contributed by atoms with Gasteiger partial charge in [-0.2, -0.15) is 5.10 Å². The molecule has 1 heterocycles. The normalized spacial score (nSPS) is 12.1. The number of rotatable bonds is 3. The van der Waals surface area contributed by atoms with Crippen molar-refractivity contribution in [3.8, 4) is 5.75 Å². The molecule has 94 valence electrons. The number of benzene rings is 1. The van der Waals surface area contributed by atoms with Gasteiger partial charge in [-0.1, -0.05) is 11.6 Å². The van der Waals surface area contributed by atoms with Crippen molar-refractivity contribution in [2.45, 2.75) is 13.0 Å². The first kappa shape index (κ1) is 12.4. The van der Waals surface area contributed by atoms with Gasteiger partial charge in [0.15, 0.2) is 0 Å². The number of amides is 1. The SMILES string of the molecule is CC(C(=O)Nc1ccc(O)c(Cl)c1)n1cncn1. The fraction of sp³-hybridized carbons (Fsp3) is 0.182. The van der Waals surface area contributed by atoms with Crippen LogP contribution in [-0.4, -0.2) is 25.8 Å². The zero-order valence-electron chi connectivity index (χ0n) is 9.54. The summed E-state index contributed by atoms with van der Waals surface area (Å²) >= 11 is 5.75. The first-order valence-electron chi connectivity index (χ1n) is 5.21. The lowest BCUT2D eigenvalue weighted by molar-refractivity contribution is -0.119. The van der Waals surface area contributed by atoms with E-state index < -0.39 is 6.04 Å². The van der Waals surface area contributed by atoms with Gasteiger partial charge in [0.1, 0.15) is 24.4 Å². The van der Waals surface area contributed by atoms with Crippen LogP contribution in [0.15, 0.2) is 30.9 Å². The molecular weight excluding hydrogens is 256 g/mol. The smallest absolute Gasteiger partial charge is 0.249 e. The minimum absolute atomic E-state index is 0.0287. The molecule has 1 amide bonds. The summed E-state index contributed by atoms with van der Waals surface area (Å²) in [5, 5.41) is 16.0. The van der Waals surface area contributed by atoms with Crippen molar-refractivity contribution >= 4 is 23.2 Å². The fourth-order valence-corrected chi connectivity index (χ4v) is 1.55. The number of nitrogens with zero attached hydrogens (tertiary/aromatic N) is 3. The number of carbonyl (C=O) groups is 1. The van der Waals surface area contributed by atoms with E-state index >= 15 is 0 Å². The van der Waals surface area contributed by atoms with E-state index in [-0.39, 0.29) is 16.7 Å². The van der Waals surface area contributed by atoms with Crippen LogP contribution in [0, 0.1) is 0 Å². The highest BCUT2D eigenvalue weighted by molar-refractivity contribution is 6.32. The first-order valence-corrected chi connectivity index (χ1v) is 5.59. The van der Waals surface area contributed by atoms with Crippen molar-refractivity contribution in [2.24, 2.45) is 0 Å². The molecule has 0 aliphatic carbocycles. The van der Waals surface area contributed by atoms with Gasteiger partial charge in [0.05, 0.1) is 5.02 Å². The summed E-state index contributed by atoms with van der Waals surface area (Å²) in [6.07, 6.45) is 2.83. The number of aromatic nitrogens is 3. The summed E-state index contributed by atoms with van der Waals surface area (Å²) < 4.78 is 1.44. The minimum atomic E-state index is -0.486. The Labute approximate surface area is 108 Å². The molecule has 0 aliphatic rings. The third kappa shape index (κ3) is 2.60. The minimum Gasteiger partial charge on any atom is -0.506 e. The van der Waals surface area contributed by atoms with Gasteiger partial charge in [-0.3, -0.25) is 4.79 Å². The highest BCUT2D eigenvalue weighted by Crippen LogP contribution is 2.26. The molecule has 0 fully saturated rings. The van der Waals surface area contributed by atoms with Gasteiger partial charge in [0.25, 0.3) is 0 Å². The van der Waals surface area contributed by atoms with Crippen molar-refractivity contribution in [1.82, 2.24) is 14.8 Å². The number of carbonyl (C=O) groups excluding carboxylic acids is 1. The van der Waals surface area contributed by atoms with Gasteiger partial charge in [0, 0.05) is 5.69 Å². The molecule has 0 saturated heterocycles. The highest BCUT2D eigenvalue weighted by atomic mass is 35.5. The van der Waals surface area contributed by atoms with Crippen LogP contribution < -0.4 is 5.32 Å². The number of phenolic OH excluding ortho intramolecular Hbond substituents is 1. The second kappa shape index (κ2) is 5.05. The Bertz CT molecular complexity index is 556. The lowest BCUT2D eigenvalue weighted by atomic mass is 10.2. The van der Waals surface area contributed by atoms with Crippen LogP contribution in [0.4, 0.5) is 5.69 Å². The van der Waals surface area contributed by atoms with E-state index in [9.17, 15) is 9.90 Å². The Morgan fingerprint density at radius 2 is 2.33 bits per heavy atom. The average molecular weight is 267 g/mol. The van der Waals surface area contributed by atoms with E-state index in [0.29, 0.717) is 5.69 Å². The predicted octanol–water partition coefficient (Wildman–Crippen LogP) is 1.84. The van der Waals surface area contributed by atoms with Crippen molar-refractivity contribution in [2.75, 3.05) is 5.32 Å². The van der Waals surface area contributed by atoms with Gasteiger partial charge in [-0.25, -0.2) is 9.67 Å². The Morgan fingerprint density at radius 1 is 1.56 bits per heavy atom. The Morgan fingerprint density at radius 3 is 2.94 bits per heavy atom. The van der Waals surface area contributed by atoms with Crippen LogP contribution in [0.3, 0.4) is 0 Å². The summed E-state index contributed by atoms with van der Waals surface area (Å²) in [5.41, 5.74) is 0.509. The van der Waals surface area contributed by atoms with Gasteiger partial charge in [0.2, 0.25) is 5.91 Å². The van der Waals surface area contributed by atoms with Crippen LogP contribution in [0.5, 0.6) is 5.75 Å². The second-order valence-electron chi connectivity index (χ2n) is 3.71. The molecule has 2 aromatic rings. The van der Waals surface area contributed by atoms with Crippen molar-refractivity contribution in [3.63, 3.8) is 0 Å². The molecule has 0 spiro atoms. The molecule has 0 saturated carbocycles. The molecule has 1 atom stereocenters. The van der Waals surface area contributed by atoms with Gasteiger partial charge in [-0.15, -0.1) is 0 Å². The quantitative estimate of drug-likeness (QED) is 0.831. The van der Waals surface area contributed by atoms with Gasteiger partial charge < -0.3 is 10.4 Å². The molecule has 2 N–H and O–H groups in total. The molecule has 7 heteroatoms. The second-order valence-corrected chi connectivity index (χ2v) is 4.11. The number of anilines is 1. The standard InChI is InChI=1S/C11H11ClN4O2/c1-7(16-6-13-5-14-16)11(18)15-8-2-3-10(17)9(12)4-8/h2-7,17H,1H3,(H,15,18). The van der Waals surface area contributed by atoms with Crippen LogP contribution in [0.25, 0.3) is 0 Å². The third-order valence-corrected chi connectivity index (χ3v) is 2.73. The zero-order chi connectivity index (χ0) is 13.1. The molecule has 18 heavy (non-hydrogen) atoms. The van der Waals surface area contributed by atoms with Crippen LogP contribution in [0.2, 0.25) is 5.02 Å². The summed E-state index contributed by atoms with van der Waals surface area (Å²) in [7, 11) is 0. The maximum Gasteiger partial charge on any atom is 0.249 e. The Kier molecular flexibility index (Phi) is 3.47. The molecule has 1 aromatic carbocycles. The Balaban J connectivity index is 2.09. The summed E-state index contributed by atoms with van der Waals surface area (Å²) in [5.74, 6) is -0.277. The van der Waals surface area contributed by atoms with Gasteiger partial charge in [-0.05, 0) is 25.1 Å². The molecule has 6 nitrogen and oxygen atoms in total. The summed E-state index contributed by atoms with van der Waals surface area (Å²) in [6, 6.07) is 3.97. The lowest BCUT2D eigenvalue weighted by Gasteiger charge is -2.12. The maximum atomic E-state index is 11.9. The zero-order valence-corrected chi connectivity index (χ0v) is 10.3. The number of aromatic hydroxyl groups is 1. The number of hydrogen-bond acceptors (Lipinski definition) is 4. The highest BCUT2D eigenvalue weighted by Gasteiger charge is 2.15. The third-order valence-electron chi connectivity index (χ3n) is 2.43. The summed E-state index contributed by atoms with van der Waals surface area (Å²) in [6.45, 7) is 1.70. The Hall–Kier alpha value is -2.08. The number of halogens is 1. The van der Waals surface area contributed by atoms with Crippen molar-refractivity contribution in [3.05, 3.63) is 35.9 Å². The molecule has 0 radical (unpaired) electrons. The van der Waals surface area contributed by atoms with Crippen LogP contribution in [0.1, 0.15) is 13.0 Å². The topological polar surface area (TPSA) is 80.0 Å². The molecule has 1 unspecified atom stereocenters. The van der Waals surface area contributed by atoms with E-state index in [1.54, 1.807) is 13.0 Å². The fourth-order valence-electron chi connectivity index (χ4n) is 1.37. The molecule has 1 aromatic heterocycles. The number of phenols is 1. The van der Waals surface area contributed by atoms with Gasteiger partial charge >= 0.3 is 0 Å². The van der Waals surface area contributed by atoms with E-state index in [2.05, 4.69) is 15.4 Å². The monoisotopic (exact) mass is 266 g/mol. The van der Waals surface area contributed by atoms with Crippen molar-refractivity contribution in [1.29, 1.82) is 0 Å². The maximum absolute atomic E-state index is 11.9. The van der Waals surface area contributed by atoms with Crippen LogP contribution >= 0.6 is 11.6 Å². The predicted molar refractivity (Wildman–Crippen MR) is 66.5 cm³/mol. The first-order chi connectivity index (χ1) is 8.58. The number of nitrogens with one attached hydrogen (secondary N) is 1. The molecule has 2 rings (SSSR count). The van der Waals surface area contributed by atoms with E-state index in [1.165, 1.54) is 29.5 Å². The average Bonchev–Trinajstić information content (AvgIpc) is 2.86. The van der Waals surface area contributed by atoms with Crippen LogP contribution in [-0.2, 0) is 4.79 Å². The van der Waals surface area contributed by atoms with E-state index in [1.807, 2.05) is 0 Å². The molecule has 0 bridgehead atoms. The lowest BCUT2D eigenvalue weighted by Crippen LogP contribution is -2.23. The molecular formula is C11H11ClN4O2. The largest absolute Gasteiger partial charge is 0.506 e. The summed E-state index contributed by atoms with van der Waals surface area (Å²) in [4.78, 5) is 15.7. The van der Waals surface area contributed by atoms with E-state index in [0.717, 1.165) is 0 Å². The van der Waals surface area contributed by atoms with E-state index in [4.69, 9.17) is 11.6 Å². The number of hydrogen-bond donors (Lipinski definition) is 2.